The summed E-state index contributed by atoms with van der Waals surface area (Å²) in [5.74, 6) is -0.482. The van der Waals surface area contributed by atoms with Crippen LogP contribution in [0, 0.1) is 5.82 Å². The second-order valence-corrected chi connectivity index (χ2v) is 2.89. The Hall–Kier alpha value is -1.22. The fourth-order valence-corrected chi connectivity index (χ4v) is 1.01. The summed E-state index contributed by atoms with van der Waals surface area (Å²) in [7, 11) is 0. The van der Waals surface area contributed by atoms with Crippen LogP contribution in [0.1, 0.15) is 23.7 Å². The van der Waals surface area contributed by atoms with E-state index in [4.69, 9.17) is 5.73 Å². The zero-order chi connectivity index (χ0) is 9.84. The van der Waals surface area contributed by atoms with E-state index < -0.39 is 6.04 Å². The molecule has 1 aromatic carbocycles. The SMILES string of the molecule is CCC(N)C(=O)c1ccc(F)cc1. The molecule has 0 fully saturated rings. The van der Waals surface area contributed by atoms with E-state index >= 15 is 0 Å². The van der Waals surface area contributed by atoms with Crippen molar-refractivity contribution in [1.82, 2.24) is 0 Å². The Morgan fingerprint density at radius 1 is 1.46 bits per heavy atom. The van der Waals surface area contributed by atoms with Gasteiger partial charge in [-0.3, -0.25) is 4.79 Å². The van der Waals surface area contributed by atoms with Gasteiger partial charge in [0.15, 0.2) is 5.78 Å². The van der Waals surface area contributed by atoms with Crippen LogP contribution in [0.5, 0.6) is 0 Å². The topological polar surface area (TPSA) is 43.1 Å². The van der Waals surface area contributed by atoms with Gasteiger partial charge >= 0.3 is 0 Å². The van der Waals surface area contributed by atoms with Crippen molar-refractivity contribution in [2.24, 2.45) is 5.73 Å². The molecule has 70 valence electrons. The molecule has 13 heavy (non-hydrogen) atoms. The Bertz CT molecular complexity index is 294. The normalized spacial score (nSPS) is 12.5. The molecular weight excluding hydrogens is 169 g/mol. The highest BCUT2D eigenvalue weighted by Gasteiger charge is 2.12. The van der Waals surface area contributed by atoms with Crippen LogP contribution in [0.25, 0.3) is 0 Å². The Labute approximate surface area is 76.6 Å². The van der Waals surface area contributed by atoms with Crippen LogP contribution in [0.3, 0.4) is 0 Å². The monoisotopic (exact) mass is 181 g/mol. The lowest BCUT2D eigenvalue weighted by molar-refractivity contribution is 0.0959. The van der Waals surface area contributed by atoms with Gasteiger partial charge in [0.25, 0.3) is 0 Å². The lowest BCUT2D eigenvalue weighted by Crippen LogP contribution is -2.29. The van der Waals surface area contributed by atoms with Crippen molar-refractivity contribution in [3.8, 4) is 0 Å². The number of Topliss-reactive ketones (excluding diaryl/α,β-unsaturated/α-hetero) is 1. The standard InChI is InChI=1S/C10H12FNO/c1-2-9(12)10(13)7-3-5-8(11)6-4-7/h3-6,9H,2,12H2,1H3. The predicted octanol–water partition coefficient (Wildman–Crippen LogP) is 1.75. The zero-order valence-corrected chi connectivity index (χ0v) is 7.46. The number of carbonyl (C=O) groups excluding carboxylic acids is 1. The number of ketones is 1. The minimum atomic E-state index is -0.481. The molecule has 0 bridgehead atoms. The molecule has 2 nitrogen and oxygen atoms in total. The van der Waals surface area contributed by atoms with Crippen LogP contribution in [-0.2, 0) is 0 Å². The van der Waals surface area contributed by atoms with Crippen molar-refractivity contribution in [3.05, 3.63) is 35.6 Å². The van der Waals surface area contributed by atoms with E-state index in [9.17, 15) is 9.18 Å². The number of hydrogen-bond acceptors (Lipinski definition) is 2. The third-order valence-electron chi connectivity index (χ3n) is 1.91. The molecule has 3 heteroatoms. The van der Waals surface area contributed by atoms with Gasteiger partial charge < -0.3 is 5.73 Å². The van der Waals surface area contributed by atoms with Gasteiger partial charge in [-0.1, -0.05) is 6.92 Å². The van der Waals surface area contributed by atoms with Crippen molar-refractivity contribution >= 4 is 5.78 Å². The molecule has 0 amide bonds. The Morgan fingerprint density at radius 3 is 2.46 bits per heavy atom. The van der Waals surface area contributed by atoms with E-state index in [1.807, 2.05) is 6.92 Å². The lowest BCUT2D eigenvalue weighted by Gasteiger charge is -2.06. The second kappa shape index (κ2) is 4.14. The lowest BCUT2D eigenvalue weighted by atomic mass is 10.0. The van der Waals surface area contributed by atoms with E-state index in [-0.39, 0.29) is 11.6 Å². The quantitative estimate of drug-likeness (QED) is 0.722. The van der Waals surface area contributed by atoms with Crippen molar-refractivity contribution in [2.75, 3.05) is 0 Å². The number of rotatable bonds is 3. The van der Waals surface area contributed by atoms with Crippen LogP contribution in [0.15, 0.2) is 24.3 Å². The van der Waals surface area contributed by atoms with E-state index in [1.54, 1.807) is 0 Å². The van der Waals surface area contributed by atoms with Crippen molar-refractivity contribution < 1.29 is 9.18 Å². The van der Waals surface area contributed by atoms with Crippen LogP contribution in [-0.4, -0.2) is 11.8 Å². The Morgan fingerprint density at radius 2 is 2.00 bits per heavy atom. The number of halogens is 1. The van der Waals surface area contributed by atoms with Crippen LogP contribution >= 0.6 is 0 Å². The fourth-order valence-electron chi connectivity index (χ4n) is 1.01. The van der Waals surface area contributed by atoms with Crippen LogP contribution in [0.4, 0.5) is 4.39 Å². The van der Waals surface area contributed by atoms with Gasteiger partial charge in [0.05, 0.1) is 6.04 Å². The summed E-state index contributed by atoms with van der Waals surface area (Å²) >= 11 is 0. The van der Waals surface area contributed by atoms with E-state index in [1.165, 1.54) is 24.3 Å². The van der Waals surface area contributed by atoms with Gasteiger partial charge in [-0.15, -0.1) is 0 Å². The maximum atomic E-state index is 12.5. The third kappa shape index (κ3) is 2.36. The summed E-state index contributed by atoms with van der Waals surface area (Å²) in [5, 5.41) is 0. The van der Waals surface area contributed by atoms with Gasteiger partial charge in [-0.05, 0) is 30.7 Å². The summed E-state index contributed by atoms with van der Waals surface area (Å²) in [6.45, 7) is 1.84. The van der Waals surface area contributed by atoms with E-state index in [0.29, 0.717) is 12.0 Å². The summed E-state index contributed by atoms with van der Waals surface area (Å²) in [4.78, 5) is 11.4. The largest absolute Gasteiger partial charge is 0.321 e. The average molecular weight is 181 g/mol. The summed E-state index contributed by atoms with van der Waals surface area (Å²) < 4.78 is 12.5. The average Bonchev–Trinajstić information content (AvgIpc) is 2.17. The molecule has 1 rings (SSSR count). The third-order valence-corrected chi connectivity index (χ3v) is 1.91. The highest BCUT2D eigenvalue weighted by atomic mass is 19.1. The van der Waals surface area contributed by atoms with Gasteiger partial charge in [-0.25, -0.2) is 4.39 Å². The van der Waals surface area contributed by atoms with Gasteiger partial charge in [0.1, 0.15) is 5.82 Å². The first-order valence-electron chi connectivity index (χ1n) is 4.20. The Kier molecular flexibility index (Phi) is 3.14. The zero-order valence-electron chi connectivity index (χ0n) is 7.46. The first-order chi connectivity index (χ1) is 6.15. The maximum absolute atomic E-state index is 12.5. The molecule has 2 N–H and O–H groups in total. The van der Waals surface area contributed by atoms with Crippen molar-refractivity contribution in [2.45, 2.75) is 19.4 Å². The second-order valence-electron chi connectivity index (χ2n) is 2.89. The molecule has 0 saturated heterocycles. The molecule has 0 radical (unpaired) electrons. The number of hydrogen-bond donors (Lipinski definition) is 1. The molecule has 0 aliphatic carbocycles. The first kappa shape index (κ1) is 9.86. The molecular formula is C10H12FNO. The first-order valence-corrected chi connectivity index (χ1v) is 4.20. The molecule has 1 unspecified atom stereocenters. The summed E-state index contributed by atoms with van der Waals surface area (Å²) in [6.07, 6.45) is 0.593. The van der Waals surface area contributed by atoms with Crippen molar-refractivity contribution in [1.29, 1.82) is 0 Å². The van der Waals surface area contributed by atoms with Crippen molar-refractivity contribution in [3.63, 3.8) is 0 Å². The van der Waals surface area contributed by atoms with Gasteiger partial charge in [-0.2, -0.15) is 0 Å². The van der Waals surface area contributed by atoms with Gasteiger partial charge in [0, 0.05) is 5.56 Å². The summed E-state index contributed by atoms with van der Waals surface area (Å²) in [6, 6.07) is 4.94. The highest BCUT2D eigenvalue weighted by molar-refractivity contribution is 5.99. The molecule has 0 saturated carbocycles. The highest BCUT2D eigenvalue weighted by Crippen LogP contribution is 2.06. The molecule has 0 spiro atoms. The molecule has 1 atom stereocenters. The number of carbonyl (C=O) groups is 1. The van der Waals surface area contributed by atoms with E-state index in [0.717, 1.165) is 0 Å². The predicted molar refractivity (Wildman–Crippen MR) is 49.0 cm³/mol. The molecule has 1 aromatic rings. The Balaban J connectivity index is 2.83. The van der Waals surface area contributed by atoms with Crippen LogP contribution < -0.4 is 5.73 Å². The minimum absolute atomic E-state index is 0.137. The van der Waals surface area contributed by atoms with Gasteiger partial charge in [0.2, 0.25) is 0 Å². The number of benzene rings is 1. The number of nitrogens with two attached hydrogens (primary N) is 1. The fraction of sp³-hybridized carbons (Fsp3) is 0.300. The minimum Gasteiger partial charge on any atom is -0.321 e. The molecule has 0 aromatic heterocycles. The molecule has 0 aliphatic rings. The maximum Gasteiger partial charge on any atom is 0.179 e. The molecule has 0 aliphatic heterocycles. The summed E-state index contributed by atoms with van der Waals surface area (Å²) in [5.41, 5.74) is 6.01. The molecule has 0 heterocycles. The van der Waals surface area contributed by atoms with Crippen LogP contribution in [0.2, 0.25) is 0 Å². The van der Waals surface area contributed by atoms with E-state index in [2.05, 4.69) is 0 Å². The smallest absolute Gasteiger partial charge is 0.179 e.